The molecule has 2 aromatic rings. The highest BCUT2D eigenvalue weighted by atomic mass is 79.9. The number of halogens is 2. The molecule has 0 saturated heterocycles. The fourth-order valence-electron chi connectivity index (χ4n) is 1.31. The topological polar surface area (TPSA) is 38.9 Å². The summed E-state index contributed by atoms with van der Waals surface area (Å²) in [6.45, 7) is 0. The molecule has 0 radical (unpaired) electrons. The predicted molar refractivity (Wildman–Crippen MR) is 61.7 cm³/mol. The van der Waals surface area contributed by atoms with E-state index in [1.807, 2.05) is 0 Å². The molecule has 15 heavy (non-hydrogen) atoms. The molecule has 0 unspecified atom stereocenters. The van der Waals surface area contributed by atoms with E-state index in [0.717, 1.165) is 11.1 Å². The standard InChI is InChI=1S/C11H8BrFN2/c12-11-5-10(14)9(6-15-11)7-1-3-8(13)4-2-7/h1-6H,(H2,14,15). The molecule has 0 atom stereocenters. The molecule has 76 valence electrons. The summed E-state index contributed by atoms with van der Waals surface area (Å²) in [5.41, 5.74) is 8.10. The van der Waals surface area contributed by atoms with Crippen LogP contribution >= 0.6 is 15.9 Å². The molecule has 1 aromatic heterocycles. The number of hydrogen-bond donors (Lipinski definition) is 1. The van der Waals surface area contributed by atoms with E-state index in [2.05, 4.69) is 20.9 Å². The van der Waals surface area contributed by atoms with Gasteiger partial charge in [-0.15, -0.1) is 0 Å². The summed E-state index contributed by atoms with van der Waals surface area (Å²) in [5.74, 6) is -0.262. The summed E-state index contributed by atoms with van der Waals surface area (Å²) in [5, 5.41) is 0. The summed E-state index contributed by atoms with van der Waals surface area (Å²) in [4.78, 5) is 4.08. The van der Waals surface area contributed by atoms with Crippen LogP contribution in [0, 0.1) is 5.82 Å². The van der Waals surface area contributed by atoms with Crippen molar-refractivity contribution in [3.63, 3.8) is 0 Å². The van der Waals surface area contributed by atoms with Crippen molar-refractivity contribution in [1.29, 1.82) is 0 Å². The third-order valence-electron chi connectivity index (χ3n) is 2.06. The summed E-state index contributed by atoms with van der Waals surface area (Å²) < 4.78 is 13.4. The van der Waals surface area contributed by atoms with Gasteiger partial charge in [0.1, 0.15) is 10.4 Å². The number of anilines is 1. The number of nitrogens with two attached hydrogens (primary N) is 1. The summed E-state index contributed by atoms with van der Waals surface area (Å²) in [6, 6.07) is 7.87. The molecule has 0 amide bonds. The first-order chi connectivity index (χ1) is 7.16. The summed E-state index contributed by atoms with van der Waals surface area (Å²) in [7, 11) is 0. The Morgan fingerprint density at radius 2 is 1.87 bits per heavy atom. The minimum Gasteiger partial charge on any atom is -0.398 e. The fourth-order valence-corrected chi connectivity index (χ4v) is 1.66. The molecule has 1 aromatic carbocycles. The maximum absolute atomic E-state index is 12.7. The number of rotatable bonds is 1. The monoisotopic (exact) mass is 266 g/mol. The molecule has 0 fully saturated rings. The Balaban J connectivity index is 2.49. The second-order valence-corrected chi connectivity index (χ2v) is 3.91. The summed E-state index contributed by atoms with van der Waals surface area (Å²) >= 11 is 3.23. The zero-order valence-electron chi connectivity index (χ0n) is 7.74. The lowest BCUT2D eigenvalue weighted by Crippen LogP contribution is -1.91. The minimum atomic E-state index is -0.262. The quantitative estimate of drug-likeness (QED) is 0.805. The lowest BCUT2D eigenvalue weighted by Gasteiger charge is -2.05. The van der Waals surface area contributed by atoms with Crippen molar-refractivity contribution in [2.45, 2.75) is 0 Å². The zero-order chi connectivity index (χ0) is 10.8. The number of nitrogen functional groups attached to an aromatic ring is 1. The van der Waals surface area contributed by atoms with Crippen molar-refractivity contribution in [2.75, 3.05) is 5.73 Å². The van der Waals surface area contributed by atoms with E-state index < -0.39 is 0 Å². The van der Waals surface area contributed by atoms with Crippen molar-refractivity contribution in [3.8, 4) is 11.1 Å². The van der Waals surface area contributed by atoms with Crippen LogP contribution in [0.25, 0.3) is 11.1 Å². The largest absolute Gasteiger partial charge is 0.398 e. The van der Waals surface area contributed by atoms with Crippen LogP contribution in [0.15, 0.2) is 41.1 Å². The van der Waals surface area contributed by atoms with Gasteiger partial charge in [-0.1, -0.05) is 12.1 Å². The molecule has 4 heteroatoms. The Bertz CT molecular complexity index is 482. The van der Waals surface area contributed by atoms with Crippen molar-refractivity contribution in [2.24, 2.45) is 0 Å². The van der Waals surface area contributed by atoms with Crippen molar-refractivity contribution < 1.29 is 4.39 Å². The zero-order valence-corrected chi connectivity index (χ0v) is 9.33. The number of benzene rings is 1. The highest BCUT2D eigenvalue weighted by Crippen LogP contribution is 2.26. The molecule has 2 nitrogen and oxygen atoms in total. The van der Waals surface area contributed by atoms with E-state index in [1.165, 1.54) is 12.1 Å². The Morgan fingerprint density at radius 1 is 1.20 bits per heavy atom. The third-order valence-corrected chi connectivity index (χ3v) is 2.49. The van der Waals surface area contributed by atoms with E-state index in [9.17, 15) is 4.39 Å². The van der Waals surface area contributed by atoms with Gasteiger partial charge in [-0.25, -0.2) is 9.37 Å². The Morgan fingerprint density at radius 3 is 2.47 bits per heavy atom. The first kappa shape index (κ1) is 10.1. The van der Waals surface area contributed by atoms with Crippen LogP contribution in [0.4, 0.5) is 10.1 Å². The van der Waals surface area contributed by atoms with Crippen molar-refractivity contribution in [1.82, 2.24) is 4.98 Å². The molecule has 2 rings (SSSR count). The van der Waals surface area contributed by atoms with E-state index in [4.69, 9.17) is 5.73 Å². The van der Waals surface area contributed by atoms with Gasteiger partial charge in [-0.05, 0) is 39.7 Å². The van der Waals surface area contributed by atoms with Gasteiger partial charge in [0.15, 0.2) is 0 Å². The van der Waals surface area contributed by atoms with Crippen LogP contribution < -0.4 is 5.73 Å². The number of nitrogens with zero attached hydrogens (tertiary/aromatic N) is 1. The average molecular weight is 267 g/mol. The average Bonchev–Trinajstić information content (AvgIpc) is 2.20. The van der Waals surface area contributed by atoms with Gasteiger partial charge in [0.05, 0.1) is 0 Å². The highest BCUT2D eigenvalue weighted by molar-refractivity contribution is 9.10. The molecule has 0 aliphatic rings. The second kappa shape index (κ2) is 3.98. The van der Waals surface area contributed by atoms with E-state index in [0.29, 0.717) is 10.3 Å². The number of aromatic nitrogens is 1. The van der Waals surface area contributed by atoms with Gasteiger partial charge in [-0.3, -0.25) is 0 Å². The Hall–Kier alpha value is -1.42. The van der Waals surface area contributed by atoms with Gasteiger partial charge in [0.2, 0.25) is 0 Å². The molecule has 1 heterocycles. The molecule has 0 bridgehead atoms. The van der Waals surface area contributed by atoms with E-state index in [1.54, 1.807) is 24.4 Å². The van der Waals surface area contributed by atoms with Gasteiger partial charge < -0.3 is 5.73 Å². The molecule has 2 N–H and O–H groups in total. The third kappa shape index (κ3) is 2.15. The molecule has 0 aliphatic heterocycles. The van der Waals surface area contributed by atoms with Crippen molar-refractivity contribution in [3.05, 3.63) is 46.9 Å². The van der Waals surface area contributed by atoms with Crippen LogP contribution in [0.1, 0.15) is 0 Å². The maximum atomic E-state index is 12.7. The van der Waals surface area contributed by atoms with Crippen LogP contribution in [-0.4, -0.2) is 4.98 Å². The van der Waals surface area contributed by atoms with Gasteiger partial charge in [-0.2, -0.15) is 0 Å². The predicted octanol–water partition coefficient (Wildman–Crippen LogP) is 3.23. The fraction of sp³-hybridized carbons (Fsp3) is 0. The van der Waals surface area contributed by atoms with Crippen LogP contribution in [0.3, 0.4) is 0 Å². The Labute approximate surface area is 95.1 Å². The number of pyridine rings is 1. The number of hydrogen-bond acceptors (Lipinski definition) is 2. The van der Waals surface area contributed by atoms with E-state index in [-0.39, 0.29) is 5.82 Å². The molecule has 0 saturated carbocycles. The van der Waals surface area contributed by atoms with Crippen molar-refractivity contribution >= 4 is 21.6 Å². The molecular formula is C11H8BrFN2. The Kier molecular flexibility index (Phi) is 2.68. The lowest BCUT2D eigenvalue weighted by atomic mass is 10.1. The minimum absolute atomic E-state index is 0.262. The van der Waals surface area contributed by atoms with Gasteiger partial charge >= 0.3 is 0 Å². The second-order valence-electron chi connectivity index (χ2n) is 3.10. The molecule has 0 aliphatic carbocycles. The van der Waals surface area contributed by atoms with Gasteiger partial charge in [0, 0.05) is 17.4 Å². The van der Waals surface area contributed by atoms with E-state index >= 15 is 0 Å². The summed E-state index contributed by atoms with van der Waals surface area (Å²) in [6.07, 6.45) is 1.66. The normalized spacial score (nSPS) is 10.3. The molecular weight excluding hydrogens is 259 g/mol. The smallest absolute Gasteiger partial charge is 0.123 e. The maximum Gasteiger partial charge on any atom is 0.123 e. The van der Waals surface area contributed by atoms with Crippen LogP contribution in [0.5, 0.6) is 0 Å². The highest BCUT2D eigenvalue weighted by Gasteiger charge is 2.03. The lowest BCUT2D eigenvalue weighted by molar-refractivity contribution is 0.628. The SMILES string of the molecule is Nc1cc(Br)ncc1-c1ccc(F)cc1. The first-order valence-electron chi connectivity index (χ1n) is 4.34. The van der Waals surface area contributed by atoms with Gasteiger partial charge in [0.25, 0.3) is 0 Å². The molecule has 0 spiro atoms. The van der Waals surface area contributed by atoms with Crippen LogP contribution in [0.2, 0.25) is 0 Å². The first-order valence-corrected chi connectivity index (χ1v) is 5.13. The van der Waals surface area contributed by atoms with Crippen LogP contribution in [-0.2, 0) is 0 Å².